The highest BCUT2D eigenvalue weighted by molar-refractivity contribution is 7.61. The fourth-order valence-corrected chi connectivity index (χ4v) is 1.67. The molecule has 1 heterocycles. The Bertz CT molecular complexity index is 690. The lowest BCUT2D eigenvalue weighted by atomic mass is 10.2. The molecule has 0 saturated carbocycles. The summed E-state index contributed by atoms with van der Waals surface area (Å²) in [6, 6.07) is 6.36. The van der Waals surface area contributed by atoms with Crippen LogP contribution in [0, 0.1) is 0 Å². The van der Waals surface area contributed by atoms with E-state index >= 15 is 0 Å². The third-order valence-corrected chi connectivity index (χ3v) is 2.26. The summed E-state index contributed by atoms with van der Waals surface area (Å²) in [7, 11) is -2.73. The summed E-state index contributed by atoms with van der Waals surface area (Å²) in [4.78, 5) is 10.8. The van der Waals surface area contributed by atoms with Crippen LogP contribution < -0.4 is 0 Å². The summed E-state index contributed by atoms with van der Waals surface area (Å²) in [6.07, 6.45) is 0. The molecule has 1 aromatic carbocycles. The second kappa shape index (κ2) is 3.78. The van der Waals surface area contributed by atoms with Gasteiger partial charge in [0.1, 0.15) is 11.3 Å². The molecule has 0 aliphatic heterocycles. The van der Waals surface area contributed by atoms with Gasteiger partial charge in [0.2, 0.25) is 5.76 Å². The van der Waals surface area contributed by atoms with Gasteiger partial charge in [0.05, 0.1) is 0 Å². The van der Waals surface area contributed by atoms with E-state index in [2.05, 4.69) is 4.36 Å². The van der Waals surface area contributed by atoms with E-state index in [1.165, 1.54) is 12.1 Å². The number of nitrogens with zero attached hydrogens (tertiary/aromatic N) is 1. The van der Waals surface area contributed by atoms with Crippen molar-refractivity contribution in [1.29, 1.82) is 0 Å². The number of carboxylic acids is 1. The Labute approximate surface area is 90.8 Å². The van der Waals surface area contributed by atoms with Gasteiger partial charge in [-0.15, -0.1) is 4.36 Å². The predicted molar refractivity (Wildman–Crippen MR) is 54.2 cm³/mol. The predicted octanol–water partition coefficient (Wildman–Crippen LogP) is 1.83. The summed E-state index contributed by atoms with van der Waals surface area (Å²) in [5.74, 6) is -1.84. The van der Waals surface area contributed by atoms with E-state index in [9.17, 15) is 13.2 Å². The molecule has 0 aliphatic carbocycles. The molecule has 0 aliphatic rings. The van der Waals surface area contributed by atoms with E-state index in [1.54, 1.807) is 12.1 Å². The molecule has 0 amide bonds. The van der Waals surface area contributed by atoms with Gasteiger partial charge in [-0.25, -0.2) is 4.79 Å². The van der Waals surface area contributed by atoms with Crippen LogP contribution in [0.4, 0.5) is 5.69 Å². The number of para-hydroxylation sites is 1. The highest BCUT2D eigenvalue weighted by Gasteiger charge is 2.19. The molecule has 0 fully saturated rings. The Morgan fingerprint density at radius 2 is 2.00 bits per heavy atom. The molecule has 82 valence electrons. The number of hydrogen-bond donors (Lipinski definition) is 1. The van der Waals surface area contributed by atoms with Gasteiger partial charge in [0, 0.05) is 5.39 Å². The molecule has 0 atom stereocenters. The average molecular weight is 239 g/mol. The number of carbonyl (C=O) groups is 1. The zero-order valence-corrected chi connectivity index (χ0v) is 8.56. The van der Waals surface area contributed by atoms with Gasteiger partial charge in [-0.2, -0.15) is 8.42 Å². The molecule has 16 heavy (non-hydrogen) atoms. The van der Waals surface area contributed by atoms with Gasteiger partial charge in [-0.1, -0.05) is 12.1 Å². The molecule has 1 aromatic heterocycles. The Morgan fingerprint density at radius 3 is 2.62 bits per heavy atom. The minimum Gasteiger partial charge on any atom is -0.475 e. The van der Waals surface area contributed by atoms with E-state index in [0.717, 1.165) is 0 Å². The molecule has 0 spiro atoms. The van der Waals surface area contributed by atoms with Crippen molar-refractivity contribution in [1.82, 2.24) is 0 Å². The summed E-state index contributed by atoms with van der Waals surface area (Å²) in [5.41, 5.74) is 0.0977. The molecule has 7 heteroatoms. The number of rotatable bonds is 2. The molecular weight excluding hydrogens is 234 g/mol. The monoisotopic (exact) mass is 239 g/mol. The second-order valence-corrected chi connectivity index (χ2v) is 3.51. The quantitative estimate of drug-likeness (QED) is 0.862. The van der Waals surface area contributed by atoms with Crippen molar-refractivity contribution >= 4 is 33.1 Å². The van der Waals surface area contributed by atoms with Gasteiger partial charge in [-0.05, 0) is 12.1 Å². The zero-order chi connectivity index (χ0) is 11.7. The maximum atomic E-state index is 10.8. The maximum absolute atomic E-state index is 10.8. The molecular formula is C9H5NO5S. The fourth-order valence-electron chi connectivity index (χ4n) is 1.34. The van der Waals surface area contributed by atoms with Crippen LogP contribution >= 0.6 is 0 Å². The number of carboxylic acid groups (broad SMARTS) is 1. The lowest BCUT2D eigenvalue weighted by Crippen LogP contribution is -1.92. The van der Waals surface area contributed by atoms with Crippen LogP contribution in [0.1, 0.15) is 10.6 Å². The van der Waals surface area contributed by atoms with Gasteiger partial charge in [-0.3, -0.25) is 0 Å². The smallest absolute Gasteiger partial charge is 0.374 e. The topological polar surface area (TPSA) is 96.9 Å². The van der Waals surface area contributed by atoms with Crippen LogP contribution in [0.2, 0.25) is 0 Å². The van der Waals surface area contributed by atoms with Crippen LogP contribution in [-0.2, 0) is 10.5 Å². The van der Waals surface area contributed by atoms with Crippen molar-refractivity contribution < 1.29 is 22.7 Å². The number of aromatic carboxylic acids is 1. The van der Waals surface area contributed by atoms with Crippen molar-refractivity contribution in [2.24, 2.45) is 4.36 Å². The highest BCUT2D eigenvalue weighted by atomic mass is 32.2. The van der Waals surface area contributed by atoms with Crippen molar-refractivity contribution in [3.63, 3.8) is 0 Å². The first kappa shape index (κ1) is 10.4. The van der Waals surface area contributed by atoms with E-state index in [1.807, 2.05) is 0 Å². The SMILES string of the molecule is O=C(O)c1oc2ccccc2c1N=S(=O)=O. The number of hydrogen-bond acceptors (Lipinski definition) is 5. The van der Waals surface area contributed by atoms with Gasteiger partial charge < -0.3 is 9.52 Å². The molecule has 6 nitrogen and oxygen atoms in total. The normalized spacial score (nSPS) is 10.2. The lowest BCUT2D eigenvalue weighted by molar-refractivity contribution is 0.0666. The van der Waals surface area contributed by atoms with Crippen LogP contribution in [0.15, 0.2) is 33.0 Å². The first-order chi connectivity index (χ1) is 7.59. The Morgan fingerprint density at radius 1 is 1.31 bits per heavy atom. The van der Waals surface area contributed by atoms with Crippen LogP contribution in [0.25, 0.3) is 11.0 Å². The van der Waals surface area contributed by atoms with E-state index < -0.39 is 22.2 Å². The van der Waals surface area contributed by atoms with Gasteiger partial charge >= 0.3 is 16.5 Å². The molecule has 0 radical (unpaired) electrons. The third kappa shape index (κ3) is 1.68. The van der Waals surface area contributed by atoms with Crippen molar-refractivity contribution in [2.75, 3.05) is 0 Å². The van der Waals surface area contributed by atoms with Gasteiger partial charge in [0.25, 0.3) is 0 Å². The van der Waals surface area contributed by atoms with E-state index in [4.69, 9.17) is 9.52 Å². The highest BCUT2D eigenvalue weighted by Crippen LogP contribution is 2.32. The Hall–Kier alpha value is -2.15. The largest absolute Gasteiger partial charge is 0.475 e. The Balaban J connectivity index is 2.90. The summed E-state index contributed by atoms with van der Waals surface area (Å²) in [5, 5.41) is 9.18. The van der Waals surface area contributed by atoms with Crippen LogP contribution in [0.5, 0.6) is 0 Å². The standard InChI is InChI=1S/C9H5NO5S/c11-9(12)8-7(10-16(13)14)5-3-1-2-4-6(5)15-8/h1-4H,(H,11,12). The third-order valence-electron chi connectivity index (χ3n) is 1.93. The van der Waals surface area contributed by atoms with Crippen LogP contribution in [0.3, 0.4) is 0 Å². The van der Waals surface area contributed by atoms with Crippen molar-refractivity contribution in [3.8, 4) is 0 Å². The fraction of sp³-hybridized carbons (Fsp3) is 0. The zero-order valence-electron chi connectivity index (χ0n) is 7.75. The summed E-state index contributed by atoms with van der Waals surface area (Å²) >= 11 is 0. The summed E-state index contributed by atoms with van der Waals surface area (Å²) in [6.45, 7) is 0. The first-order valence-electron chi connectivity index (χ1n) is 4.15. The molecule has 1 N–H and O–H groups in total. The molecule has 0 saturated heterocycles. The number of fused-ring (bicyclic) bond motifs is 1. The van der Waals surface area contributed by atoms with Crippen LogP contribution in [-0.4, -0.2) is 19.5 Å². The van der Waals surface area contributed by atoms with Crippen molar-refractivity contribution in [3.05, 3.63) is 30.0 Å². The minimum absolute atomic E-state index is 0.184. The molecule has 2 aromatic rings. The van der Waals surface area contributed by atoms with Gasteiger partial charge in [0.15, 0.2) is 0 Å². The minimum atomic E-state index is -2.73. The summed E-state index contributed by atoms with van der Waals surface area (Å²) < 4.78 is 29.2. The molecule has 0 unspecified atom stereocenters. The first-order valence-corrected chi connectivity index (χ1v) is 5.18. The van der Waals surface area contributed by atoms with E-state index in [-0.39, 0.29) is 11.3 Å². The van der Waals surface area contributed by atoms with Crippen molar-refractivity contribution in [2.45, 2.75) is 0 Å². The molecule has 2 rings (SSSR count). The lowest BCUT2D eigenvalue weighted by Gasteiger charge is -1.86. The number of benzene rings is 1. The maximum Gasteiger partial charge on any atom is 0.374 e. The average Bonchev–Trinajstić information content (AvgIpc) is 2.57. The number of furan rings is 1. The molecule has 0 bridgehead atoms. The van der Waals surface area contributed by atoms with E-state index in [0.29, 0.717) is 5.39 Å². The Kier molecular flexibility index (Phi) is 2.45. The second-order valence-electron chi connectivity index (χ2n) is 2.89.